The van der Waals surface area contributed by atoms with Crippen LogP contribution >= 0.6 is 11.5 Å². The molecule has 0 bridgehead atoms. The Hall–Kier alpha value is -1.31. The van der Waals surface area contributed by atoms with E-state index in [1.54, 1.807) is 0 Å². The van der Waals surface area contributed by atoms with E-state index in [0.29, 0.717) is 11.8 Å². The fourth-order valence-electron chi connectivity index (χ4n) is 3.64. The molecule has 0 aliphatic carbocycles. The molecule has 124 valence electrons. The van der Waals surface area contributed by atoms with Crippen LogP contribution in [0.3, 0.4) is 0 Å². The number of ether oxygens (including phenoxy) is 1. The van der Waals surface area contributed by atoms with Gasteiger partial charge in [0.1, 0.15) is 4.88 Å². The second-order valence-electron chi connectivity index (χ2n) is 6.65. The monoisotopic (exact) mass is 334 g/mol. The first-order valence-corrected chi connectivity index (χ1v) is 9.13. The van der Waals surface area contributed by atoms with Crippen LogP contribution in [0, 0.1) is 12.8 Å². The van der Waals surface area contributed by atoms with Gasteiger partial charge in [-0.2, -0.15) is 0 Å². The van der Waals surface area contributed by atoms with Crippen molar-refractivity contribution < 1.29 is 9.26 Å². The maximum atomic E-state index is 5.51. The number of likely N-dealkylation sites (tertiary alicyclic amines) is 1. The van der Waals surface area contributed by atoms with Crippen molar-refractivity contribution in [2.45, 2.75) is 32.1 Å². The van der Waals surface area contributed by atoms with E-state index in [2.05, 4.69) is 19.6 Å². The smallest absolute Gasteiger partial charge is 0.180 e. The highest BCUT2D eigenvalue weighted by molar-refractivity contribution is 7.09. The van der Waals surface area contributed by atoms with E-state index in [-0.39, 0.29) is 0 Å². The molecule has 2 fully saturated rings. The quantitative estimate of drug-likeness (QED) is 0.856. The molecular formula is C16H22N4O2S. The summed E-state index contributed by atoms with van der Waals surface area (Å²) >= 11 is 1.41. The molecule has 4 heterocycles. The molecule has 2 aromatic heterocycles. The summed E-state index contributed by atoms with van der Waals surface area (Å²) in [5, 5.41) is 8.42. The summed E-state index contributed by atoms with van der Waals surface area (Å²) in [4.78, 5) is 3.61. The second-order valence-corrected chi connectivity index (χ2v) is 7.40. The van der Waals surface area contributed by atoms with Crippen molar-refractivity contribution in [1.82, 2.24) is 19.6 Å². The molecule has 4 rings (SSSR count). The molecule has 2 atom stereocenters. The van der Waals surface area contributed by atoms with Crippen molar-refractivity contribution in [1.29, 1.82) is 0 Å². The van der Waals surface area contributed by atoms with Gasteiger partial charge in [-0.05, 0) is 50.2 Å². The van der Waals surface area contributed by atoms with Crippen molar-refractivity contribution in [3.63, 3.8) is 0 Å². The third kappa shape index (κ3) is 3.32. The molecule has 0 saturated carbocycles. The Kier molecular flexibility index (Phi) is 4.41. The Balaban J connectivity index is 1.48. The molecule has 0 unspecified atom stereocenters. The van der Waals surface area contributed by atoms with Crippen LogP contribution in [0.25, 0.3) is 10.6 Å². The summed E-state index contributed by atoms with van der Waals surface area (Å²) in [5.74, 6) is 1.93. The van der Waals surface area contributed by atoms with Gasteiger partial charge in [0, 0.05) is 31.7 Å². The number of hydrogen-bond acceptors (Lipinski definition) is 7. The molecule has 23 heavy (non-hydrogen) atoms. The minimum absolute atomic E-state index is 0.435. The van der Waals surface area contributed by atoms with Gasteiger partial charge in [0.2, 0.25) is 0 Å². The van der Waals surface area contributed by atoms with Crippen molar-refractivity contribution >= 4 is 11.5 Å². The Labute approximate surface area is 140 Å². The van der Waals surface area contributed by atoms with Crippen LogP contribution in [-0.2, 0) is 4.74 Å². The van der Waals surface area contributed by atoms with E-state index in [9.17, 15) is 0 Å². The summed E-state index contributed by atoms with van der Waals surface area (Å²) in [6.07, 6.45) is 3.58. The van der Waals surface area contributed by atoms with Crippen LogP contribution in [0.1, 0.15) is 36.6 Å². The minimum atomic E-state index is 0.435. The van der Waals surface area contributed by atoms with Gasteiger partial charge in [0.05, 0.1) is 18.0 Å². The minimum Gasteiger partial charge on any atom is -0.381 e. The number of piperidine rings is 1. The number of aromatic nitrogens is 3. The van der Waals surface area contributed by atoms with E-state index in [0.717, 1.165) is 48.3 Å². The fraction of sp³-hybridized carbons (Fsp3) is 0.688. The van der Waals surface area contributed by atoms with E-state index in [1.165, 1.54) is 37.3 Å². The standard InChI is InChI=1S/C16H22N4O2S/c1-11-7-14(22-18-11)16-15(17-19-23-16)13-3-2-5-20(9-13)8-12-4-6-21-10-12/h7,12-13H,2-6,8-10H2,1H3/t12-,13+/m0/s1. The zero-order chi connectivity index (χ0) is 15.6. The summed E-state index contributed by atoms with van der Waals surface area (Å²) in [5.41, 5.74) is 1.98. The van der Waals surface area contributed by atoms with Gasteiger partial charge in [-0.1, -0.05) is 9.64 Å². The number of hydrogen-bond donors (Lipinski definition) is 0. The van der Waals surface area contributed by atoms with Crippen molar-refractivity contribution in [2.24, 2.45) is 5.92 Å². The van der Waals surface area contributed by atoms with E-state index >= 15 is 0 Å². The van der Waals surface area contributed by atoms with Gasteiger partial charge in [-0.25, -0.2) is 0 Å². The second kappa shape index (κ2) is 6.67. The molecule has 0 aromatic carbocycles. The Morgan fingerprint density at radius 1 is 1.39 bits per heavy atom. The maximum absolute atomic E-state index is 5.51. The predicted molar refractivity (Wildman–Crippen MR) is 87.5 cm³/mol. The highest BCUT2D eigenvalue weighted by Crippen LogP contribution is 2.35. The van der Waals surface area contributed by atoms with Crippen molar-refractivity contribution in [2.75, 3.05) is 32.8 Å². The molecular weight excluding hydrogens is 312 g/mol. The lowest BCUT2D eigenvalue weighted by molar-refractivity contribution is 0.149. The van der Waals surface area contributed by atoms with Crippen molar-refractivity contribution in [3.8, 4) is 10.6 Å². The molecule has 2 saturated heterocycles. The number of nitrogens with zero attached hydrogens (tertiary/aromatic N) is 4. The van der Waals surface area contributed by atoms with Gasteiger partial charge in [0.15, 0.2) is 5.76 Å². The lowest BCUT2D eigenvalue weighted by Gasteiger charge is -2.33. The highest BCUT2D eigenvalue weighted by Gasteiger charge is 2.29. The van der Waals surface area contributed by atoms with Gasteiger partial charge < -0.3 is 14.2 Å². The first-order chi connectivity index (χ1) is 11.3. The molecule has 7 heteroatoms. The molecule has 0 radical (unpaired) electrons. The highest BCUT2D eigenvalue weighted by atomic mass is 32.1. The number of aryl methyl sites for hydroxylation is 1. The summed E-state index contributed by atoms with van der Waals surface area (Å²) in [7, 11) is 0. The topological polar surface area (TPSA) is 64.3 Å². The van der Waals surface area contributed by atoms with Crippen molar-refractivity contribution in [3.05, 3.63) is 17.5 Å². The first-order valence-electron chi connectivity index (χ1n) is 8.35. The summed E-state index contributed by atoms with van der Waals surface area (Å²) < 4.78 is 15.1. The zero-order valence-corrected chi connectivity index (χ0v) is 14.2. The Morgan fingerprint density at radius 2 is 2.35 bits per heavy atom. The van der Waals surface area contributed by atoms with Crippen LogP contribution < -0.4 is 0 Å². The van der Waals surface area contributed by atoms with E-state index in [4.69, 9.17) is 9.26 Å². The fourth-order valence-corrected chi connectivity index (χ4v) is 4.34. The van der Waals surface area contributed by atoms with Gasteiger partial charge >= 0.3 is 0 Å². The lowest BCUT2D eigenvalue weighted by atomic mass is 9.93. The molecule has 0 N–H and O–H groups in total. The summed E-state index contributed by atoms with van der Waals surface area (Å²) in [6, 6.07) is 1.97. The third-order valence-corrected chi connectivity index (χ3v) is 5.55. The van der Waals surface area contributed by atoms with Crippen LogP contribution in [0.15, 0.2) is 10.6 Å². The van der Waals surface area contributed by atoms with Crippen LogP contribution in [0.2, 0.25) is 0 Å². The lowest BCUT2D eigenvalue weighted by Crippen LogP contribution is -2.38. The maximum Gasteiger partial charge on any atom is 0.180 e. The molecule has 2 aromatic rings. The summed E-state index contributed by atoms with van der Waals surface area (Å²) in [6.45, 7) is 7.16. The number of rotatable bonds is 4. The SMILES string of the molecule is Cc1cc(-c2snnc2[C@@H]2CCCN(C[C@@H]3CCOC3)C2)on1. The third-order valence-electron chi connectivity index (χ3n) is 4.80. The van der Waals surface area contributed by atoms with Gasteiger partial charge in [-0.3, -0.25) is 0 Å². The van der Waals surface area contributed by atoms with Crippen LogP contribution in [0.5, 0.6) is 0 Å². The van der Waals surface area contributed by atoms with E-state index in [1.807, 2.05) is 13.0 Å². The van der Waals surface area contributed by atoms with Gasteiger partial charge in [0.25, 0.3) is 0 Å². The van der Waals surface area contributed by atoms with Crippen LogP contribution in [-0.4, -0.2) is 52.5 Å². The van der Waals surface area contributed by atoms with E-state index < -0.39 is 0 Å². The average molecular weight is 334 g/mol. The average Bonchev–Trinajstić information content (AvgIpc) is 3.28. The molecule has 2 aliphatic heterocycles. The predicted octanol–water partition coefficient (Wildman–Crippen LogP) is 2.72. The Morgan fingerprint density at radius 3 is 3.13 bits per heavy atom. The van der Waals surface area contributed by atoms with Gasteiger partial charge in [-0.15, -0.1) is 5.10 Å². The van der Waals surface area contributed by atoms with Crippen LogP contribution in [0.4, 0.5) is 0 Å². The molecule has 6 nitrogen and oxygen atoms in total. The first kappa shape index (κ1) is 15.2. The zero-order valence-electron chi connectivity index (χ0n) is 13.4. The largest absolute Gasteiger partial charge is 0.381 e. The normalized spacial score (nSPS) is 26.0. The Bertz CT molecular complexity index is 650. The molecule has 0 spiro atoms. The molecule has 2 aliphatic rings. The molecule has 0 amide bonds.